The Bertz CT molecular complexity index is 886. The summed E-state index contributed by atoms with van der Waals surface area (Å²) in [7, 11) is -3.97. The largest absolute Gasteiger partial charge is 0.289 e. The minimum atomic E-state index is -3.97. The summed E-state index contributed by atoms with van der Waals surface area (Å²) < 4.78 is 27.8. The van der Waals surface area contributed by atoms with Crippen molar-refractivity contribution in [3.05, 3.63) is 53.6 Å². The van der Waals surface area contributed by atoms with Crippen molar-refractivity contribution in [2.75, 3.05) is 0 Å². The fourth-order valence-corrected chi connectivity index (χ4v) is 4.02. The summed E-state index contributed by atoms with van der Waals surface area (Å²) in [6.45, 7) is 3.56. The average molecular weight is 397 g/mol. The van der Waals surface area contributed by atoms with Gasteiger partial charge in [0.2, 0.25) is 10.0 Å². The maximum absolute atomic E-state index is 12.7. The Kier molecular flexibility index (Phi) is 6.77. The number of halogens is 1. The summed E-state index contributed by atoms with van der Waals surface area (Å²) in [6, 6.07) is 12.4. The molecule has 0 fully saturated rings. The molecule has 0 saturated carbocycles. The second kappa shape index (κ2) is 8.64. The molecule has 0 aliphatic heterocycles. The van der Waals surface area contributed by atoms with E-state index >= 15 is 0 Å². The minimum Gasteiger partial charge on any atom is -0.289 e. The molecule has 2 atom stereocenters. The Morgan fingerprint density at radius 2 is 1.77 bits per heavy atom. The fourth-order valence-electron chi connectivity index (χ4n) is 2.48. The quantitative estimate of drug-likeness (QED) is 0.494. The van der Waals surface area contributed by atoms with Crippen molar-refractivity contribution in [3.8, 4) is 11.1 Å². The Labute approximate surface area is 158 Å². The summed E-state index contributed by atoms with van der Waals surface area (Å²) in [6.07, 6.45) is 0.559. The third-order valence-electron chi connectivity index (χ3n) is 4.19. The lowest BCUT2D eigenvalue weighted by molar-refractivity contribution is -0.132. The topological polar surface area (TPSA) is 95.5 Å². The Morgan fingerprint density at radius 3 is 2.35 bits per heavy atom. The minimum absolute atomic E-state index is 0.0222. The molecule has 3 N–H and O–H groups in total. The van der Waals surface area contributed by atoms with E-state index in [-0.39, 0.29) is 10.8 Å². The van der Waals surface area contributed by atoms with Crippen LogP contribution in [0.25, 0.3) is 11.1 Å². The highest BCUT2D eigenvalue weighted by Crippen LogP contribution is 2.25. The smallest absolute Gasteiger partial charge is 0.261 e. The zero-order valence-corrected chi connectivity index (χ0v) is 16.0. The molecular formula is C18H21ClN2O4S. The lowest BCUT2D eigenvalue weighted by atomic mass is 10.00. The molecule has 0 radical (unpaired) electrons. The molecule has 26 heavy (non-hydrogen) atoms. The first kappa shape index (κ1) is 20.4. The van der Waals surface area contributed by atoms with Gasteiger partial charge in [-0.25, -0.2) is 13.9 Å². The number of hydrogen-bond acceptors (Lipinski definition) is 4. The van der Waals surface area contributed by atoms with Gasteiger partial charge in [0.25, 0.3) is 5.91 Å². The van der Waals surface area contributed by atoms with E-state index in [1.165, 1.54) is 17.6 Å². The number of benzene rings is 2. The number of rotatable bonds is 7. The molecule has 0 heterocycles. The summed E-state index contributed by atoms with van der Waals surface area (Å²) >= 11 is 6.00. The van der Waals surface area contributed by atoms with Crippen molar-refractivity contribution in [1.29, 1.82) is 0 Å². The zero-order valence-electron chi connectivity index (χ0n) is 14.4. The van der Waals surface area contributed by atoms with Crippen molar-refractivity contribution in [2.45, 2.75) is 31.2 Å². The highest BCUT2D eigenvalue weighted by Gasteiger charge is 2.29. The van der Waals surface area contributed by atoms with Crippen LogP contribution < -0.4 is 10.2 Å². The van der Waals surface area contributed by atoms with Crippen LogP contribution in [-0.4, -0.2) is 25.6 Å². The number of sulfonamides is 1. The molecule has 0 spiro atoms. The van der Waals surface area contributed by atoms with E-state index in [0.29, 0.717) is 17.0 Å². The molecule has 0 bridgehead atoms. The SMILES string of the molecule is CC[C@H](C)[C@H](NS(=O)(=O)c1cccc(-c2cccc(Cl)c2)c1)C(=O)NO. The lowest BCUT2D eigenvalue weighted by Crippen LogP contribution is -2.49. The van der Waals surface area contributed by atoms with Crippen molar-refractivity contribution in [2.24, 2.45) is 5.92 Å². The number of amides is 1. The first-order chi connectivity index (χ1) is 12.3. The molecule has 2 aromatic rings. The molecule has 2 rings (SSSR count). The van der Waals surface area contributed by atoms with Gasteiger partial charge in [0, 0.05) is 5.02 Å². The molecule has 140 valence electrons. The normalized spacial score (nSPS) is 13.8. The predicted molar refractivity (Wildman–Crippen MR) is 100 cm³/mol. The van der Waals surface area contributed by atoms with Gasteiger partial charge in [0.05, 0.1) is 4.90 Å². The van der Waals surface area contributed by atoms with Crippen molar-refractivity contribution in [1.82, 2.24) is 10.2 Å². The van der Waals surface area contributed by atoms with Crippen LogP contribution in [-0.2, 0) is 14.8 Å². The van der Waals surface area contributed by atoms with E-state index in [4.69, 9.17) is 16.8 Å². The second-order valence-corrected chi connectivity index (χ2v) is 8.15. The molecule has 0 aliphatic rings. The van der Waals surface area contributed by atoms with Gasteiger partial charge < -0.3 is 0 Å². The van der Waals surface area contributed by atoms with E-state index in [2.05, 4.69) is 4.72 Å². The molecule has 8 heteroatoms. The van der Waals surface area contributed by atoms with E-state index in [9.17, 15) is 13.2 Å². The average Bonchev–Trinajstić information content (AvgIpc) is 2.65. The standard InChI is InChI=1S/C18H21ClN2O4S/c1-3-12(2)17(18(22)20-23)21-26(24,25)16-9-5-7-14(11-16)13-6-4-8-15(19)10-13/h4-12,17,21,23H,3H2,1-2H3,(H,20,22)/t12-,17-/m0/s1. The van der Waals surface area contributed by atoms with Crippen LogP contribution >= 0.6 is 11.6 Å². The van der Waals surface area contributed by atoms with Crippen LogP contribution in [0.15, 0.2) is 53.4 Å². The van der Waals surface area contributed by atoms with Gasteiger partial charge in [0.1, 0.15) is 6.04 Å². The summed E-state index contributed by atoms with van der Waals surface area (Å²) in [4.78, 5) is 11.9. The lowest BCUT2D eigenvalue weighted by Gasteiger charge is -2.22. The van der Waals surface area contributed by atoms with Crippen LogP contribution in [0.3, 0.4) is 0 Å². The number of hydrogen-bond donors (Lipinski definition) is 3. The summed E-state index contributed by atoms with van der Waals surface area (Å²) in [5.41, 5.74) is 2.98. The maximum atomic E-state index is 12.7. The predicted octanol–water partition coefficient (Wildman–Crippen LogP) is 3.21. The van der Waals surface area contributed by atoms with Gasteiger partial charge in [-0.3, -0.25) is 10.0 Å². The third-order valence-corrected chi connectivity index (χ3v) is 5.86. The van der Waals surface area contributed by atoms with E-state index in [1.54, 1.807) is 37.3 Å². The van der Waals surface area contributed by atoms with Gasteiger partial charge in [-0.15, -0.1) is 0 Å². The fraction of sp³-hybridized carbons (Fsp3) is 0.278. The summed E-state index contributed by atoms with van der Waals surface area (Å²) in [5.74, 6) is -1.10. The first-order valence-corrected chi connectivity index (χ1v) is 9.97. The number of carbonyl (C=O) groups excluding carboxylic acids is 1. The third kappa shape index (κ3) is 4.82. The van der Waals surface area contributed by atoms with E-state index < -0.39 is 22.0 Å². The van der Waals surface area contributed by atoms with Crippen LogP contribution in [0.5, 0.6) is 0 Å². The van der Waals surface area contributed by atoms with E-state index in [1.807, 2.05) is 13.0 Å². The Morgan fingerprint density at radius 1 is 1.15 bits per heavy atom. The number of carbonyl (C=O) groups is 1. The molecule has 6 nitrogen and oxygen atoms in total. The molecular weight excluding hydrogens is 376 g/mol. The number of hydroxylamine groups is 1. The van der Waals surface area contributed by atoms with Crippen molar-refractivity contribution < 1.29 is 18.4 Å². The Hall–Kier alpha value is -1.93. The molecule has 0 aromatic heterocycles. The maximum Gasteiger partial charge on any atom is 0.261 e. The highest BCUT2D eigenvalue weighted by molar-refractivity contribution is 7.89. The first-order valence-electron chi connectivity index (χ1n) is 8.10. The molecule has 1 amide bonds. The summed E-state index contributed by atoms with van der Waals surface area (Å²) in [5, 5.41) is 9.44. The van der Waals surface area contributed by atoms with Gasteiger partial charge >= 0.3 is 0 Å². The van der Waals surface area contributed by atoms with E-state index in [0.717, 1.165) is 5.56 Å². The highest BCUT2D eigenvalue weighted by atomic mass is 35.5. The van der Waals surface area contributed by atoms with Crippen molar-refractivity contribution >= 4 is 27.5 Å². The van der Waals surface area contributed by atoms with Gasteiger partial charge in [-0.05, 0) is 41.3 Å². The molecule has 0 saturated heterocycles. The zero-order chi connectivity index (χ0) is 19.3. The van der Waals surface area contributed by atoms with Gasteiger partial charge in [-0.2, -0.15) is 4.72 Å². The monoisotopic (exact) mass is 396 g/mol. The van der Waals surface area contributed by atoms with Crippen LogP contribution in [0.1, 0.15) is 20.3 Å². The van der Waals surface area contributed by atoms with Crippen LogP contribution in [0, 0.1) is 5.92 Å². The van der Waals surface area contributed by atoms with Gasteiger partial charge in [0.15, 0.2) is 0 Å². The Balaban J connectivity index is 2.37. The second-order valence-electron chi connectivity index (χ2n) is 6.00. The number of nitrogens with one attached hydrogen (secondary N) is 2. The molecule has 0 unspecified atom stereocenters. The van der Waals surface area contributed by atoms with Crippen LogP contribution in [0.4, 0.5) is 0 Å². The van der Waals surface area contributed by atoms with Crippen molar-refractivity contribution in [3.63, 3.8) is 0 Å². The molecule has 2 aromatic carbocycles. The van der Waals surface area contributed by atoms with Crippen LogP contribution in [0.2, 0.25) is 5.02 Å². The molecule has 0 aliphatic carbocycles. The van der Waals surface area contributed by atoms with Gasteiger partial charge in [-0.1, -0.05) is 56.1 Å².